The largest absolute Gasteiger partial charge is 0.481 e. The average Bonchev–Trinajstić information content (AvgIpc) is 3.02. The van der Waals surface area contributed by atoms with Crippen LogP contribution >= 0.6 is 0 Å². The Morgan fingerprint density at radius 1 is 1.09 bits per heavy atom. The van der Waals surface area contributed by atoms with E-state index in [1.54, 1.807) is 47.4 Å². The van der Waals surface area contributed by atoms with Crippen molar-refractivity contribution in [3.05, 3.63) is 53.6 Å². The predicted octanol–water partition coefficient (Wildman–Crippen LogP) is 1.60. The third kappa shape index (κ3) is 3.82. The summed E-state index contributed by atoms with van der Waals surface area (Å²) in [7, 11) is 3.86. The summed E-state index contributed by atoms with van der Waals surface area (Å²) in [6.07, 6.45) is 0. The smallest absolute Gasteiger partial charge is 0.265 e. The maximum absolute atomic E-state index is 12.8. The van der Waals surface area contributed by atoms with Crippen LogP contribution in [0.15, 0.2) is 42.5 Å². The molecule has 4 amide bonds. The number of carbonyl (C=O) groups is 4. The fraction of sp³-hybridized carbons (Fsp3) is 0.304. The standard InChI is InChI=1S/C23H24N4O5/c1-14(27-22(30)16-6-4-5-7-17(16)23(27)31)21(29)24-15-8-9-18-19(12-15)32-13-20(28)26(18)11-10-25(2)3/h4-9,12,14H,10-11,13H2,1-3H3,(H,24,29). The van der Waals surface area contributed by atoms with Crippen LogP contribution in [0.5, 0.6) is 5.75 Å². The van der Waals surface area contributed by atoms with E-state index in [9.17, 15) is 19.2 Å². The molecule has 0 radical (unpaired) electrons. The maximum Gasteiger partial charge on any atom is 0.265 e. The highest BCUT2D eigenvalue weighted by Crippen LogP contribution is 2.34. The van der Waals surface area contributed by atoms with Gasteiger partial charge in [0, 0.05) is 24.8 Å². The summed E-state index contributed by atoms with van der Waals surface area (Å²) in [6, 6.07) is 10.5. The van der Waals surface area contributed by atoms with Crippen molar-refractivity contribution >= 4 is 35.0 Å². The molecule has 2 aromatic rings. The van der Waals surface area contributed by atoms with E-state index in [1.165, 1.54) is 6.92 Å². The van der Waals surface area contributed by atoms with Gasteiger partial charge in [0.25, 0.3) is 17.7 Å². The molecule has 1 N–H and O–H groups in total. The first kappa shape index (κ1) is 21.5. The second-order valence-corrected chi connectivity index (χ2v) is 8.01. The first-order valence-corrected chi connectivity index (χ1v) is 10.3. The normalized spacial score (nSPS) is 16.1. The molecule has 0 saturated heterocycles. The minimum absolute atomic E-state index is 0.0801. The lowest BCUT2D eigenvalue weighted by Gasteiger charge is -2.30. The van der Waals surface area contributed by atoms with Crippen molar-refractivity contribution in [1.82, 2.24) is 9.80 Å². The summed E-state index contributed by atoms with van der Waals surface area (Å²) >= 11 is 0. The van der Waals surface area contributed by atoms with E-state index in [4.69, 9.17) is 4.74 Å². The van der Waals surface area contributed by atoms with Crippen LogP contribution < -0.4 is 15.0 Å². The third-order valence-corrected chi connectivity index (χ3v) is 5.53. The van der Waals surface area contributed by atoms with Crippen molar-refractivity contribution in [2.45, 2.75) is 13.0 Å². The van der Waals surface area contributed by atoms with Crippen LogP contribution in [0.2, 0.25) is 0 Å². The number of amides is 4. The van der Waals surface area contributed by atoms with E-state index < -0.39 is 23.8 Å². The number of carbonyl (C=O) groups excluding carboxylic acids is 4. The Morgan fingerprint density at radius 2 is 1.75 bits per heavy atom. The molecule has 0 aromatic heterocycles. The molecule has 4 rings (SSSR count). The highest BCUT2D eigenvalue weighted by atomic mass is 16.5. The SMILES string of the molecule is CC(C(=O)Nc1ccc2c(c1)OCC(=O)N2CCN(C)C)N1C(=O)c2ccccc2C1=O. The van der Waals surface area contributed by atoms with Crippen LogP contribution in [0, 0.1) is 0 Å². The number of anilines is 2. The van der Waals surface area contributed by atoms with Crippen molar-refractivity contribution in [2.75, 3.05) is 44.0 Å². The van der Waals surface area contributed by atoms with Gasteiger partial charge in [-0.1, -0.05) is 12.1 Å². The molecular weight excluding hydrogens is 412 g/mol. The molecule has 2 heterocycles. The first-order chi connectivity index (χ1) is 15.3. The second kappa shape index (κ2) is 8.43. The zero-order valence-corrected chi connectivity index (χ0v) is 18.1. The quantitative estimate of drug-likeness (QED) is 0.691. The molecule has 166 valence electrons. The molecule has 1 atom stereocenters. The van der Waals surface area contributed by atoms with Gasteiger partial charge in [0.15, 0.2) is 6.61 Å². The number of nitrogens with zero attached hydrogens (tertiary/aromatic N) is 3. The summed E-state index contributed by atoms with van der Waals surface area (Å²) in [5, 5.41) is 2.74. The van der Waals surface area contributed by atoms with Gasteiger partial charge in [-0.25, -0.2) is 0 Å². The fourth-order valence-corrected chi connectivity index (χ4v) is 3.75. The van der Waals surface area contributed by atoms with Gasteiger partial charge in [0.2, 0.25) is 5.91 Å². The Kier molecular flexibility index (Phi) is 5.67. The van der Waals surface area contributed by atoms with Crippen molar-refractivity contribution in [2.24, 2.45) is 0 Å². The van der Waals surface area contributed by atoms with Crippen molar-refractivity contribution in [3.63, 3.8) is 0 Å². The Hall–Kier alpha value is -3.72. The molecule has 2 aromatic carbocycles. The van der Waals surface area contributed by atoms with Gasteiger partial charge < -0.3 is 19.9 Å². The fourth-order valence-electron chi connectivity index (χ4n) is 3.75. The van der Waals surface area contributed by atoms with E-state index >= 15 is 0 Å². The number of hydrogen-bond acceptors (Lipinski definition) is 6. The Balaban J connectivity index is 1.49. The predicted molar refractivity (Wildman–Crippen MR) is 118 cm³/mol. The summed E-state index contributed by atoms with van der Waals surface area (Å²) in [6.45, 7) is 2.64. The highest BCUT2D eigenvalue weighted by Gasteiger charge is 2.40. The first-order valence-electron chi connectivity index (χ1n) is 10.3. The molecule has 9 heteroatoms. The molecule has 32 heavy (non-hydrogen) atoms. The lowest BCUT2D eigenvalue weighted by molar-refractivity contribution is -0.121. The monoisotopic (exact) mass is 436 g/mol. The zero-order chi connectivity index (χ0) is 23.0. The van der Waals surface area contributed by atoms with Crippen LogP contribution in [0.4, 0.5) is 11.4 Å². The molecule has 0 saturated carbocycles. The molecule has 0 fully saturated rings. The van der Waals surface area contributed by atoms with Gasteiger partial charge in [-0.3, -0.25) is 24.1 Å². The highest BCUT2D eigenvalue weighted by molar-refractivity contribution is 6.23. The summed E-state index contributed by atoms with van der Waals surface area (Å²) in [5.41, 5.74) is 1.66. The van der Waals surface area contributed by atoms with Crippen molar-refractivity contribution in [1.29, 1.82) is 0 Å². The molecule has 0 aliphatic carbocycles. The Labute approximate surface area is 185 Å². The number of nitrogens with one attached hydrogen (secondary N) is 1. The third-order valence-electron chi connectivity index (χ3n) is 5.53. The van der Waals surface area contributed by atoms with E-state index in [-0.39, 0.29) is 12.5 Å². The van der Waals surface area contributed by atoms with E-state index in [0.717, 1.165) is 4.90 Å². The van der Waals surface area contributed by atoms with Gasteiger partial charge >= 0.3 is 0 Å². The minimum Gasteiger partial charge on any atom is -0.481 e. The minimum atomic E-state index is -1.00. The van der Waals surface area contributed by atoms with Gasteiger partial charge in [0.05, 0.1) is 16.8 Å². The van der Waals surface area contributed by atoms with Gasteiger partial charge in [-0.15, -0.1) is 0 Å². The Bertz CT molecular complexity index is 1080. The molecule has 9 nitrogen and oxygen atoms in total. The number of hydrogen-bond donors (Lipinski definition) is 1. The zero-order valence-electron chi connectivity index (χ0n) is 18.1. The summed E-state index contributed by atoms with van der Waals surface area (Å²) in [5.74, 6) is -1.13. The van der Waals surface area contributed by atoms with E-state index in [1.807, 2.05) is 19.0 Å². The van der Waals surface area contributed by atoms with E-state index in [2.05, 4.69) is 5.32 Å². The number of imide groups is 1. The van der Waals surface area contributed by atoms with Gasteiger partial charge in [0.1, 0.15) is 11.8 Å². The van der Waals surface area contributed by atoms with Gasteiger partial charge in [-0.2, -0.15) is 0 Å². The second-order valence-electron chi connectivity index (χ2n) is 8.01. The van der Waals surface area contributed by atoms with Crippen LogP contribution in [0.1, 0.15) is 27.6 Å². The van der Waals surface area contributed by atoms with Crippen LogP contribution in [0.3, 0.4) is 0 Å². The number of ether oxygens (including phenoxy) is 1. The van der Waals surface area contributed by atoms with Crippen molar-refractivity contribution < 1.29 is 23.9 Å². The molecule has 1 unspecified atom stereocenters. The maximum atomic E-state index is 12.8. The summed E-state index contributed by atoms with van der Waals surface area (Å²) < 4.78 is 5.56. The molecule has 2 aliphatic heterocycles. The number of likely N-dealkylation sites (N-methyl/N-ethyl adjacent to an activating group) is 1. The van der Waals surface area contributed by atoms with E-state index in [0.29, 0.717) is 41.3 Å². The summed E-state index contributed by atoms with van der Waals surface area (Å²) in [4.78, 5) is 55.0. The topological polar surface area (TPSA) is 99.3 Å². The lowest BCUT2D eigenvalue weighted by Crippen LogP contribution is -2.45. The number of rotatable bonds is 6. The van der Waals surface area contributed by atoms with Gasteiger partial charge in [-0.05, 0) is 45.3 Å². The molecular formula is C23H24N4O5. The Morgan fingerprint density at radius 3 is 2.38 bits per heavy atom. The molecule has 0 spiro atoms. The van der Waals surface area contributed by atoms with Crippen LogP contribution in [0.25, 0.3) is 0 Å². The van der Waals surface area contributed by atoms with Crippen LogP contribution in [-0.2, 0) is 9.59 Å². The molecule has 0 bridgehead atoms. The average molecular weight is 436 g/mol. The number of fused-ring (bicyclic) bond motifs is 2. The molecule has 2 aliphatic rings. The van der Waals surface area contributed by atoms with Crippen LogP contribution in [-0.4, -0.2) is 73.3 Å². The number of benzene rings is 2. The lowest BCUT2D eigenvalue weighted by atomic mass is 10.1. The van der Waals surface area contributed by atoms with Crippen molar-refractivity contribution in [3.8, 4) is 5.75 Å².